The van der Waals surface area contributed by atoms with Gasteiger partial charge in [-0.3, -0.25) is 0 Å². The number of nitriles is 1. The molecule has 5 heteroatoms. The summed E-state index contributed by atoms with van der Waals surface area (Å²) in [4.78, 5) is 3.58. The Balaban J connectivity index is 2.30. The highest BCUT2D eigenvalue weighted by molar-refractivity contribution is 5.82. The van der Waals surface area contributed by atoms with E-state index in [-0.39, 0.29) is 28.0 Å². The molecule has 3 aromatic rings. The van der Waals surface area contributed by atoms with Crippen molar-refractivity contribution in [1.29, 1.82) is 5.26 Å². The molecule has 3 rings (SSSR count). The molecule has 0 aliphatic heterocycles. The minimum atomic E-state index is -0.833. The molecule has 1 aromatic heterocycles. The molecule has 0 saturated carbocycles. The van der Waals surface area contributed by atoms with Crippen LogP contribution in [0.15, 0.2) is 48.7 Å². The van der Waals surface area contributed by atoms with E-state index in [0.29, 0.717) is 5.56 Å². The Hall–Kier alpha value is -3.52. The summed E-state index contributed by atoms with van der Waals surface area (Å²) >= 11 is 0. The Labute approximate surface area is 156 Å². The second-order valence-electron chi connectivity index (χ2n) is 5.83. The van der Waals surface area contributed by atoms with E-state index in [0.717, 1.165) is 5.56 Å². The van der Waals surface area contributed by atoms with Crippen LogP contribution in [0.2, 0.25) is 0 Å². The highest BCUT2D eigenvalue weighted by atomic mass is 19.1. The van der Waals surface area contributed by atoms with Gasteiger partial charge in [0.1, 0.15) is 17.6 Å². The first-order valence-corrected chi connectivity index (χ1v) is 8.22. The van der Waals surface area contributed by atoms with Crippen LogP contribution in [0.5, 0.6) is 5.75 Å². The zero-order valence-electron chi connectivity index (χ0n) is 14.8. The molecule has 2 aromatic carbocycles. The third kappa shape index (κ3) is 3.42. The molecule has 0 amide bonds. The summed E-state index contributed by atoms with van der Waals surface area (Å²) in [7, 11) is 1.33. The standard InChI is InChI=1S/C22H16F2N2O/c1-14-16(11-10-15-7-4-3-5-8-15)20(23)19(21(27-2)18(14)13-25)17-9-6-12-26-22(17)24/h3-12H,1-2H3/b11-10+. The number of nitrogens with zero attached hydrogens (tertiary/aromatic N) is 2. The lowest BCUT2D eigenvalue weighted by Gasteiger charge is -2.17. The van der Waals surface area contributed by atoms with Crippen molar-refractivity contribution in [3.63, 3.8) is 0 Å². The van der Waals surface area contributed by atoms with Crippen LogP contribution in [0.25, 0.3) is 23.3 Å². The molecule has 0 aliphatic rings. The lowest BCUT2D eigenvalue weighted by molar-refractivity contribution is 0.411. The molecule has 0 fully saturated rings. The van der Waals surface area contributed by atoms with Crippen molar-refractivity contribution in [2.24, 2.45) is 0 Å². The van der Waals surface area contributed by atoms with Gasteiger partial charge in [0.2, 0.25) is 5.95 Å². The number of hydrogen-bond acceptors (Lipinski definition) is 3. The molecule has 0 radical (unpaired) electrons. The second-order valence-corrected chi connectivity index (χ2v) is 5.83. The summed E-state index contributed by atoms with van der Waals surface area (Å²) in [5.74, 6) is -1.50. The van der Waals surface area contributed by atoms with E-state index in [2.05, 4.69) is 4.98 Å². The topological polar surface area (TPSA) is 45.9 Å². The maximum atomic E-state index is 15.4. The first kappa shape index (κ1) is 18.3. The zero-order valence-corrected chi connectivity index (χ0v) is 14.8. The van der Waals surface area contributed by atoms with Gasteiger partial charge in [0.05, 0.1) is 18.2 Å². The molecule has 134 valence electrons. The summed E-state index contributed by atoms with van der Waals surface area (Å²) in [6.45, 7) is 1.64. The number of methoxy groups -OCH3 is 1. The third-order valence-electron chi connectivity index (χ3n) is 4.28. The molecular formula is C22H16F2N2O. The van der Waals surface area contributed by atoms with Gasteiger partial charge in [-0.25, -0.2) is 9.37 Å². The Morgan fingerprint density at radius 2 is 1.81 bits per heavy atom. The number of aromatic nitrogens is 1. The third-order valence-corrected chi connectivity index (χ3v) is 4.28. The highest BCUT2D eigenvalue weighted by Gasteiger charge is 2.25. The minimum absolute atomic E-state index is 0.00346. The summed E-state index contributed by atoms with van der Waals surface area (Å²) in [6.07, 6.45) is 4.60. The maximum absolute atomic E-state index is 15.4. The van der Waals surface area contributed by atoms with E-state index in [4.69, 9.17) is 4.74 Å². The van der Waals surface area contributed by atoms with Crippen LogP contribution < -0.4 is 4.74 Å². The zero-order chi connectivity index (χ0) is 19.4. The van der Waals surface area contributed by atoms with Crippen LogP contribution in [0.1, 0.15) is 22.3 Å². The molecule has 0 N–H and O–H groups in total. The van der Waals surface area contributed by atoms with E-state index >= 15 is 4.39 Å². The molecule has 3 nitrogen and oxygen atoms in total. The van der Waals surface area contributed by atoms with Crippen LogP contribution >= 0.6 is 0 Å². The average Bonchev–Trinajstić information content (AvgIpc) is 2.69. The molecule has 0 aliphatic carbocycles. The van der Waals surface area contributed by atoms with Crippen molar-refractivity contribution in [3.05, 3.63) is 82.7 Å². The fraction of sp³-hybridized carbons (Fsp3) is 0.0909. The first-order chi connectivity index (χ1) is 13.1. The van der Waals surface area contributed by atoms with Gasteiger partial charge >= 0.3 is 0 Å². The number of ether oxygens (including phenoxy) is 1. The van der Waals surface area contributed by atoms with E-state index < -0.39 is 11.8 Å². The number of hydrogen-bond donors (Lipinski definition) is 0. The molecule has 1 heterocycles. The van der Waals surface area contributed by atoms with E-state index in [9.17, 15) is 9.65 Å². The van der Waals surface area contributed by atoms with Gasteiger partial charge in [0, 0.05) is 17.3 Å². The van der Waals surface area contributed by atoms with Crippen molar-refractivity contribution < 1.29 is 13.5 Å². The Morgan fingerprint density at radius 1 is 1.07 bits per heavy atom. The van der Waals surface area contributed by atoms with Gasteiger partial charge in [-0.15, -0.1) is 0 Å². The van der Waals surface area contributed by atoms with Gasteiger partial charge in [0.25, 0.3) is 0 Å². The smallest absolute Gasteiger partial charge is 0.220 e. The molecule has 0 unspecified atom stereocenters. The van der Waals surface area contributed by atoms with Crippen molar-refractivity contribution >= 4 is 12.2 Å². The largest absolute Gasteiger partial charge is 0.495 e. The summed E-state index contributed by atoms with van der Waals surface area (Å²) < 4.78 is 35.0. The molecule has 0 bridgehead atoms. The fourth-order valence-electron chi connectivity index (χ4n) is 2.92. The summed E-state index contributed by atoms with van der Waals surface area (Å²) in [5, 5.41) is 9.59. The number of rotatable bonds is 4. The van der Waals surface area contributed by atoms with Crippen LogP contribution in [-0.2, 0) is 0 Å². The van der Waals surface area contributed by atoms with Crippen LogP contribution in [0.4, 0.5) is 8.78 Å². The Bertz CT molecular complexity index is 1050. The Kier molecular flexibility index (Phi) is 5.28. The lowest BCUT2D eigenvalue weighted by Crippen LogP contribution is -2.03. The van der Waals surface area contributed by atoms with Crippen molar-refractivity contribution in [3.8, 4) is 22.9 Å². The van der Waals surface area contributed by atoms with E-state index in [1.165, 1.54) is 25.4 Å². The summed E-state index contributed by atoms with van der Waals surface area (Å²) in [6, 6.07) is 14.3. The van der Waals surface area contributed by atoms with Crippen LogP contribution in [0, 0.1) is 30.0 Å². The number of pyridine rings is 1. The van der Waals surface area contributed by atoms with Gasteiger partial charge in [-0.2, -0.15) is 9.65 Å². The number of benzene rings is 2. The molecule has 27 heavy (non-hydrogen) atoms. The molecular weight excluding hydrogens is 346 g/mol. The molecule has 0 saturated heterocycles. The van der Waals surface area contributed by atoms with E-state index in [1.807, 2.05) is 36.4 Å². The van der Waals surface area contributed by atoms with Gasteiger partial charge in [0.15, 0.2) is 0 Å². The van der Waals surface area contributed by atoms with Crippen LogP contribution in [-0.4, -0.2) is 12.1 Å². The monoisotopic (exact) mass is 362 g/mol. The SMILES string of the molecule is COc1c(C#N)c(C)c(/C=C/c2ccccc2)c(F)c1-c1cccnc1F. The predicted molar refractivity (Wildman–Crippen MR) is 101 cm³/mol. The van der Waals surface area contributed by atoms with Gasteiger partial charge in [-0.05, 0) is 30.2 Å². The molecule has 0 atom stereocenters. The predicted octanol–water partition coefficient (Wildman–Crippen LogP) is 5.39. The minimum Gasteiger partial charge on any atom is -0.495 e. The van der Waals surface area contributed by atoms with Crippen molar-refractivity contribution in [2.45, 2.75) is 6.92 Å². The van der Waals surface area contributed by atoms with Crippen molar-refractivity contribution in [2.75, 3.05) is 7.11 Å². The fourth-order valence-corrected chi connectivity index (χ4v) is 2.92. The molecule has 0 spiro atoms. The Morgan fingerprint density at radius 3 is 2.44 bits per heavy atom. The quantitative estimate of drug-likeness (QED) is 0.462. The number of halogens is 2. The van der Waals surface area contributed by atoms with Crippen LogP contribution in [0.3, 0.4) is 0 Å². The van der Waals surface area contributed by atoms with Gasteiger partial charge < -0.3 is 4.74 Å². The highest BCUT2D eigenvalue weighted by Crippen LogP contribution is 2.40. The normalized spacial score (nSPS) is 10.8. The van der Waals surface area contributed by atoms with Gasteiger partial charge in [-0.1, -0.05) is 42.5 Å². The average molecular weight is 362 g/mol. The van der Waals surface area contributed by atoms with Crippen molar-refractivity contribution in [1.82, 2.24) is 4.98 Å². The second kappa shape index (κ2) is 7.79. The lowest BCUT2D eigenvalue weighted by atomic mass is 9.93. The maximum Gasteiger partial charge on any atom is 0.220 e. The summed E-state index contributed by atoms with van der Waals surface area (Å²) in [5.41, 5.74) is 1.49. The van der Waals surface area contributed by atoms with E-state index in [1.54, 1.807) is 19.1 Å². The first-order valence-electron chi connectivity index (χ1n) is 8.22.